The third-order valence-corrected chi connectivity index (χ3v) is 4.79. The Morgan fingerprint density at radius 2 is 1.68 bits per heavy atom. The van der Waals surface area contributed by atoms with Gasteiger partial charge in [-0.15, -0.1) is 0 Å². The van der Waals surface area contributed by atoms with Crippen LogP contribution in [0.15, 0.2) is 4.52 Å². The van der Waals surface area contributed by atoms with Crippen LogP contribution in [0.4, 0.5) is 4.79 Å². The third kappa shape index (κ3) is 5.24. The molecular formula is C19H27N3O6. The van der Waals surface area contributed by atoms with Crippen molar-refractivity contribution in [2.75, 3.05) is 0 Å². The van der Waals surface area contributed by atoms with Crippen LogP contribution in [0.5, 0.6) is 5.75 Å². The molecular weight excluding hydrogens is 366 g/mol. The number of rotatable bonds is 6. The summed E-state index contributed by atoms with van der Waals surface area (Å²) in [5, 5.41) is 9.59. The number of alkyl carbamates (subject to hydrolysis) is 1. The van der Waals surface area contributed by atoms with Crippen molar-refractivity contribution >= 4 is 18.5 Å². The topological polar surface area (TPSA) is 120 Å². The Balaban J connectivity index is 1.50. The maximum Gasteiger partial charge on any atom is 0.407 e. The van der Waals surface area contributed by atoms with Crippen LogP contribution < -0.4 is 15.4 Å². The molecule has 0 spiro atoms. The van der Waals surface area contributed by atoms with Gasteiger partial charge in [0, 0.05) is 18.0 Å². The number of carbonyl (C=O) groups excluding carboxylic acids is 3. The molecule has 1 aromatic rings. The van der Waals surface area contributed by atoms with Crippen LogP contribution in [0.1, 0.15) is 81.5 Å². The molecule has 2 aliphatic carbocycles. The molecule has 0 atom stereocenters. The van der Waals surface area contributed by atoms with Gasteiger partial charge in [-0.05, 0) is 59.3 Å². The Morgan fingerprint density at radius 1 is 1.07 bits per heavy atom. The maximum atomic E-state index is 12.6. The Labute approximate surface area is 163 Å². The summed E-state index contributed by atoms with van der Waals surface area (Å²) in [6, 6.07) is -0.0279. The minimum Gasteiger partial charge on any atom is -0.444 e. The lowest BCUT2D eigenvalue weighted by molar-refractivity contribution is -0.120. The van der Waals surface area contributed by atoms with Crippen LogP contribution in [0.3, 0.4) is 0 Å². The fraction of sp³-hybridized carbons (Fsp3) is 0.684. The van der Waals surface area contributed by atoms with Crippen molar-refractivity contribution in [2.24, 2.45) is 0 Å². The van der Waals surface area contributed by atoms with Crippen molar-refractivity contribution in [1.82, 2.24) is 15.8 Å². The summed E-state index contributed by atoms with van der Waals surface area (Å²) in [6.07, 6.45) is 4.32. The SMILES string of the molecule is CC(C)(C)OC(=O)NC1CCC(NC(=O)c2noc(C3CC3)c2OC=O)CC1. The quantitative estimate of drug-likeness (QED) is 0.713. The lowest BCUT2D eigenvalue weighted by atomic mass is 9.91. The van der Waals surface area contributed by atoms with E-state index in [4.69, 9.17) is 14.0 Å². The first-order chi connectivity index (χ1) is 13.3. The molecule has 28 heavy (non-hydrogen) atoms. The highest BCUT2D eigenvalue weighted by molar-refractivity contribution is 5.95. The second kappa shape index (κ2) is 8.20. The van der Waals surface area contributed by atoms with Gasteiger partial charge in [0.05, 0.1) is 0 Å². The highest BCUT2D eigenvalue weighted by Crippen LogP contribution is 2.45. The molecule has 2 saturated carbocycles. The van der Waals surface area contributed by atoms with E-state index in [1.165, 1.54) is 0 Å². The molecule has 0 aliphatic heterocycles. The van der Waals surface area contributed by atoms with E-state index in [1.807, 2.05) is 20.8 Å². The number of hydrogen-bond acceptors (Lipinski definition) is 7. The Bertz CT molecular complexity index is 727. The summed E-state index contributed by atoms with van der Waals surface area (Å²) in [6.45, 7) is 5.74. The molecule has 0 saturated heterocycles. The van der Waals surface area contributed by atoms with E-state index in [1.54, 1.807) is 0 Å². The van der Waals surface area contributed by atoms with Gasteiger partial charge in [-0.25, -0.2) is 4.79 Å². The molecule has 0 aromatic carbocycles. The molecule has 0 bridgehead atoms. The van der Waals surface area contributed by atoms with Crippen molar-refractivity contribution in [2.45, 2.75) is 82.9 Å². The van der Waals surface area contributed by atoms with Crippen LogP contribution >= 0.6 is 0 Å². The number of hydrogen-bond donors (Lipinski definition) is 2. The number of nitrogens with zero attached hydrogens (tertiary/aromatic N) is 1. The molecule has 1 heterocycles. The van der Waals surface area contributed by atoms with Crippen LogP contribution in [-0.4, -0.2) is 41.3 Å². The Kier molecular flexibility index (Phi) is 5.90. The van der Waals surface area contributed by atoms with E-state index < -0.39 is 17.6 Å². The van der Waals surface area contributed by atoms with Crippen LogP contribution in [0.25, 0.3) is 0 Å². The fourth-order valence-corrected chi connectivity index (χ4v) is 3.32. The van der Waals surface area contributed by atoms with Gasteiger partial charge in [0.2, 0.25) is 11.4 Å². The van der Waals surface area contributed by atoms with E-state index in [0.29, 0.717) is 18.6 Å². The van der Waals surface area contributed by atoms with Crippen molar-refractivity contribution in [1.29, 1.82) is 0 Å². The van der Waals surface area contributed by atoms with E-state index in [0.717, 1.165) is 25.7 Å². The molecule has 154 valence electrons. The smallest absolute Gasteiger partial charge is 0.407 e. The second-order valence-electron chi connectivity index (χ2n) is 8.38. The average molecular weight is 393 g/mol. The zero-order valence-electron chi connectivity index (χ0n) is 16.4. The Hall–Kier alpha value is -2.58. The fourth-order valence-electron chi connectivity index (χ4n) is 3.32. The number of amides is 2. The highest BCUT2D eigenvalue weighted by atomic mass is 16.6. The third-order valence-electron chi connectivity index (χ3n) is 4.79. The van der Waals surface area contributed by atoms with Gasteiger partial charge < -0.3 is 24.6 Å². The molecule has 2 fully saturated rings. The summed E-state index contributed by atoms with van der Waals surface area (Å²) in [7, 11) is 0. The first-order valence-corrected chi connectivity index (χ1v) is 9.67. The van der Waals surface area contributed by atoms with Gasteiger partial charge in [0.1, 0.15) is 5.60 Å². The van der Waals surface area contributed by atoms with Gasteiger partial charge >= 0.3 is 6.09 Å². The Morgan fingerprint density at radius 3 is 2.21 bits per heavy atom. The zero-order chi connectivity index (χ0) is 20.3. The number of aromatic nitrogens is 1. The van der Waals surface area contributed by atoms with Crippen LogP contribution in [0, 0.1) is 0 Å². The average Bonchev–Trinajstić information content (AvgIpc) is 3.36. The molecule has 2 N–H and O–H groups in total. The monoisotopic (exact) mass is 393 g/mol. The van der Waals surface area contributed by atoms with E-state index in [9.17, 15) is 14.4 Å². The number of carbonyl (C=O) groups is 3. The van der Waals surface area contributed by atoms with Crippen molar-refractivity contribution < 1.29 is 28.4 Å². The molecule has 2 amide bonds. The normalized spacial score (nSPS) is 22.2. The molecule has 0 unspecified atom stereocenters. The van der Waals surface area contributed by atoms with E-state index >= 15 is 0 Å². The maximum absolute atomic E-state index is 12.6. The minimum absolute atomic E-state index is 0.00278. The van der Waals surface area contributed by atoms with Gasteiger partial charge in [-0.3, -0.25) is 9.59 Å². The zero-order valence-corrected chi connectivity index (χ0v) is 16.4. The predicted octanol–water partition coefficient (Wildman–Crippen LogP) is 2.65. The van der Waals surface area contributed by atoms with Crippen molar-refractivity contribution in [3.63, 3.8) is 0 Å². The van der Waals surface area contributed by atoms with Crippen LogP contribution in [-0.2, 0) is 9.53 Å². The molecule has 9 nitrogen and oxygen atoms in total. The van der Waals surface area contributed by atoms with Crippen molar-refractivity contribution in [3.05, 3.63) is 11.5 Å². The van der Waals surface area contributed by atoms with Crippen LogP contribution in [0.2, 0.25) is 0 Å². The summed E-state index contributed by atoms with van der Waals surface area (Å²) >= 11 is 0. The molecule has 0 radical (unpaired) electrons. The standard InChI is InChI=1S/C19H27N3O6/c1-19(2,3)27-18(25)21-13-8-6-12(7-9-13)20-17(24)14-16(26-10-23)15(28-22-14)11-4-5-11/h10-13H,4-9H2,1-3H3,(H,20,24)(H,21,25). The van der Waals surface area contributed by atoms with Gasteiger partial charge in [-0.1, -0.05) is 5.16 Å². The van der Waals surface area contributed by atoms with E-state index in [-0.39, 0.29) is 35.9 Å². The van der Waals surface area contributed by atoms with Gasteiger partial charge in [0.25, 0.3) is 12.4 Å². The number of ether oxygens (including phenoxy) is 2. The van der Waals surface area contributed by atoms with E-state index in [2.05, 4.69) is 15.8 Å². The lowest BCUT2D eigenvalue weighted by Gasteiger charge is -2.30. The van der Waals surface area contributed by atoms with Gasteiger partial charge in [-0.2, -0.15) is 0 Å². The molecule has 3 rings (SSSR count). The summed E-state index contributed by atoms with van der Waals surface area (Å²) < 4.78 is 15.5. The molecule has 1 aromatic heterocycles. The molecule has 2 aliphatic rings. The summed E-state index contributed by atoms with van der Waals surface area (Å²) in [4.78, 5) is 35.2. The van der Waals surface area contributed by atoms with Gasteiger partial charge in [0.15, 0.2) is 5.76 Å². The minimum atomic E-state index is -0.534. The predicted molar refractivity (Wildman–Crippen MR) is 98.0 cm³/mol. The molecule has 9 heteroatoms. The highest BCUT2D eigenvalue weighted by Gasteiger charge is 2.36. The number of nitrogens with one attached hydrogen (secondary N) is 2. The second-order valence-corrected chi connectivity index (χ2v) is 8.38. The first-order valence-electron chi connectivity index (χ1n) is 9.67. The lowest BCUT2D eigenvalue weighted by Crippen LogP contribution is -2.45. The van der Waals surface area contributed by atoms with Crippen molar-refractivity contribution in [3.8, 4) is 5.75 Å². The summed E-state index contributed by atoms with van der Waals surface area (Å²) in [5.74, 6) is 0.326. The summed E-state index contributed by atoms with van der Waals surface area (Å²) in [5.41, 5.74) is -0.531. The first kappa shape index (κ1) is 20.2. The largest absolute Gasteiger partial charge is 0.444 e.